The molecule has 1 aliphatic carbocycles. The number of halogens is 1. The first-order valence-electron chi connectivity index (χ1n) is 10.1. The Kier molecular flexibility index (Phi) is 6.64. The highest BCUT2D eigenvalue weighted by atomic mass is 35.5. The molecule has 0 unspecified atom stereocenters. The zero-order valence-corrected chi connectivity index (χ0v) is 18.6. The van der Waals surface area contributed by atoms with Gasteiger partial charge in [-0.1, -0.05) is 35.9 Å². The molecule has 32 heavy (non-hydrogen) atoms. The van der Waals surface area contributed by atoms with Gasteiger partial charge in [0.15, 0.2) is 0 Å². The topological polar surface area (TPSA) is 96.5 Å². The third kappa shape index (κ3) is 5.79. The third-order valence-corrected chi connectivity index (χ3v) is 6.61. The molecule has 1 fully saturated rings. The molecular weight excluding hydrogens is 450 g/mol. The minimum atomic E-state index is -3.51. The van der Waals surface area contributed by atoms with Crippen LogP contribution < -0.4 is 20.3 Å². The standard InChI is InChI=1S/C23H22ClN3O4S/c24-17-7-5-16(6-8-17)15-31-22-4-2-1-3-21(22)23(28)26-25-18-11-13-20(14-12-18)32(29,30)27-19-9-10-19/h1-8,11-14,19,25,27H,9-10,15H2,(H,26,28). The van der Waals surface area contributed by atoms with Crippen molar-refractivity contribution in [2.75, 3.05) is 5.43 Å². The fourth-order valence-electron chi connectivity index (χ4n) is 2.92. The summed E-state index contributed by atoms with van der Waals surface area (Å²) in [6.45, 7) is 0.291. The summed E-state index contributed by atoms with van der Waals surface area (Å²) in [6, 6.07) is 20.4. The molecule has 0 saturated heterocycles. The maximum Gasteiger partial charge on any atom is 0.273 e. The third-order valence-electron chi connectivity index (χ3n) is 4.82. The molecule has 0 spiro atoms. The molecule has 166 valence electrons. The normalized spacial score (nSPS) is 13.4. The van der Waals surface area contributed by atoms with E-state index in [9.17, 15) is 13.2 Å². The van der Waals surface area contributed by atoms with Crippen molar-refractivity contribution in [3.8, 4) is 5.75 Å². The van der Waals surface area contributed by atoms with Gasteiger partial charge in [0.2, 0.25) is 10.0 Å². The van der Waals surface area contributed by atoms with Gasteiger partial charge in [-0.15, -0.1) is 0 Å². The Morgan fingerprint density at radius 2 is 1.66 bits per heavy atom. The van der Waals surface area contributed by atoms with Crippen molar-refractivity contribution in [3.05, 3.63) is 88.9 Å². The predicted octanol–water partition coefficient (Wildman–Crippen LogP) is 4.12. The van der Waals surface area contributed by atoms with Gasteiger partial charge in [0.25, 0.3) is 5.91 Å². The molecule has 4 rings (SSSR count). The largest absolute Gasteiger partial charge is 0.488 e. The zero-order valence-electron chi connectivity index (χ0n) is 17.0. The second-order valence-corrected chi connectivity index (χ2v) is 9.56. The minimum absolute atomic E-state index is 0.0408. The fourth-order valence-corrected chi connectivity index (χ4v) is 4.36. The number of para-hydroxylation sites is 1. The lowest BCUT2D eigenvalue weighted by Gasteiger charge is -2.13. The van der Waals surface area contributed by atoms with Gasteiger partial charge in [0.1, 0.15) is 12.4 Å². The number of carbonyl (C=O) groups excluding carboxylic acids is 1. The Balaban J connectivity index is 1.36. The number of sulfonamides is 1. The molecule has 1 amide bonds. The lowest BCUT2D eigenvalue weighted by atomic mass is 10.2. The van der Waals surface area contributed by atoms with Crippen LogP contribution in [0.15, 0.2) is 77.7 Å². The molecule has 0 radical (unpaired) electrons. The lowest BCUT2D eigenvalue weighted by molar-refractivity contribution is 0.0958. The Bertz CT molecular complexity index is 1190. The Morgan fingerprint density at radius 1 is 0.969 bits per heavy atom. The molecule has 0 atom stereocenters. The summed E-state index contributed by atoms with van der Waals surface area (Å²) in [7, 11) is -3.51. The number of nitrogens with one attached hydrogen (secondary N) is 3. The molecular formula is C23H22ClN3O4S. The number of carbonyl (C=O) groups is 1. The minimum Gasteiger partial charge on any atom is -0.488 e. The number of benzene rings is 3. The molecule has 9 heteroatoms. The second kappa shape index (κ2) is 9.60. The number of ether oxygens (including phenoxy) is 1. The summed E-state index contributed by atoms with van der Waals surface area (Å²) in [4.78, 5) is 12.9. The van der Waals surface area contributed by atoms with Crippen LogP contribution in [-0.2, 0) is 16.6 Å². The molecule has 0 bridgehead atoms. The van der Waals surface area contributed by atoms with E-state index in [1.54, 1.807) is 48.5 Å². The summed E-state index contributed by atoms with van der Waals surface area (Å²) in [6.07, 6.45) is 1.74. The average molecular weight is 472 g/mol. The molecule has 7 nitrogen and oxygen atoms in total. The van der Waals surface area contributed by atoms with Gasteiger partial charge in [0.05, 0.1) is 16.1 Å². The first-order chi connectivity index (χ1) is 15.4. The van der Waals surface area contributed by atoms with Crippen molar-refractivity contribution in [1.29, 1.82) is 0 Å². The first kappa shape index (κ1) is 22.1. The molecule has 1 saturated carbocycles. The van der Waals surface area contributed by atoms with Crippen LogP contribution in [0, 0.1) is 0 Å². The Labute approximate surface area is 191 Å². The zero-order chi connectivity index (χ0) is 22.6. The molecule has 0 aromatic heterocycles. The SMILES string of the molecule is O=C(NNc1ccc(S(=O)(=O)NC2CC2)cc1)c1ccccc1OCc1ccc(Cl)cc1. The van der Waals surface area contributed by atoms with Crippen molar-refractivity contribution in [2.24, 2.45) is 0 Å². The van der Waals surface area contributed by atoms with Crippen LogP contribution in [0.5, 0.6) is 5.75 Å². The molecule has 3 N–H and O–H groups in total. The van der Waals surface area contributed by atoms with Gasteiger partial charge in [-0.2, -0.15) is 0 Å². The van der Waals surface area contributed by atoms with Crippen molar-refractivity contribution < 1.29 is 17.9 Å². The Hall–Kier alpha value is -3.07. The van der Waals surface area contributed by atoms with Crippen LogP contribution in [-0.4, -0.2) is 20.4 Å². The van der Waals surface area contributed by atoms with Crippen molar-refractivity contribution in [3.63, 3.8) is 0 Å². The van der Waals surface area contributed by atoms with Crippen LogP contribution >= 0.6 is 11.6 Å². The van der Waals surface area contributed by atoms with E-state index in [0.717, 1.165) is 18.4 Å². The molecule has 1 aliphatic rings. The van der Waals surface area contributed by atoms with Crippen molar-refractivity contribution >= 4 is 33.2 Å². The highest BCUT2D eigenvalue weighted by Crippen LogP contribution is 2.23. The summed E-state index contributed by atoms with van der Waals surface area (Å²) in [5.74, 6) is 0.0538. The van der Waals surface area contributed by atoms with E-state index in [1.807, 2.05) is 12.1 Å². The highest BCUT2D eigenvalue weighted by Gasteiger charge is 2.27. The van der Waals surface area contributed by atoms with E-state index in [1.165, 1.54) is 12.1 Å². The summed E-state index contributed by atoms with van der Waals surface area (Å²) < 4.78 is 32.9. The second-order valence-electron chi connectivity index (χ2n) is 7.41. The molecule has 3 aromatic rings. The monoisotopic (exact) mass is 471 g/mol. The number of hydrazine groups is 1. The van der Waals surface area contributed by atoms with Crippen LogP contribution in [0.25, 0.3) is 0 Å². The van der Waals surface area contributed by atoms with Gasteiger partial charge in [-0.05, 0) is 66.9 Å². The van der Waals surface area contributed by atoms with E-state index in [2.05, 4.69) is 15.6 Å². The smallest absolute Gasteiger partial charge is 0.273 e. The molecule has 3 aromatic carbocycles. The van der Waals surface area contributed by atoms with Gasteiger partial charge >= 0.3 is 0 Å². The average Bonchev–Trinajstić information content (AvgIpc) is 3.61. The maximum absolute atomic E-state index is 12.7. The van der Waals surface area contributed by atoms with E-state index >= 15 is 0 Å². The molecule has 0 heterocycles. The maximum atomic E-state index is 12.7. The van der Waals surface area contributed by atoms with Gasteiger partial charge in [-0.25, -0.2) is 13.1 Å². The van der Waals surface area contributed by atoms with E-state index < -0.39 is 10.0 Å². The number of anilines is 1. The summed E-state index contributed by atoms with van der Waals surface area (Å²) in [5, 5.41) is 0.643. The molecule has 0 aliphatic heterocycles. The van der Waals surface area contributed by atoms with Gasteiger partial charge < -0.3 is 4.74 Å². The van der Waals surface area contributed by atoms with Crippen molar-refractivity contribution in [1.82, 2.24) is 10.1 Å². The van der Waals surface area contributed by atoms with Crippen LogP contribution in [0.3, 0.4) is 0 Å². The van der Waals surface area contributed by atoms with Gasteiger partial charge in [0, 0.05) is 11.1 Å². The Morgan fingerprint density at radius 3 is 2.34 bits per heavy atom. The quantitative estimate of drug-likeness (QED) is 0.408. The van der Waals surface area contributed by atoms with E-state index in [0.29, 0.717) is 28.6 Å². The number of hydrogen-bond donors (Lipinski definition) is 3. The van der Waals surface area contributed by atoms with Gasteiger partial charge in [-0.3, -0.25) is 15.6 Å². The number of rotatable bonds is 9. The van der Waals surface area contributed by atoms with E-state index in [4.69, 9.17) is 16.3 Å². The highest BCUT2D eigenvalue weighted by molar-refractivity contribution is 7.89. The van der Waals surface area contributed by atoms with Crippen molar-refractivity contribution in [2.45, 2.75) is 30.4 Å². The van der Waals surface area contributed by atoms with Crippen LogP contribution in [0.2, 0.25) is 5.02 Å². The fraction of sp³-hybridized carbons (Fsp3) is 0.174. The summed E-state index contributed by atoms with van der Waals surface area (Å²) in [5.41, 5.74) is 7.24. The predicted molar refractivity (Wildman–Crippen MR) is 123 cm³/mol. The van der Waals surface area contributed by atoms with Crippen LogP contribution in [0.1, 0.15) is 28.8 Å². The number of amides is 1. The van der Waals surface area contributed by atoms with Crippen LogP contribution in [0.4, 0.5) is 5.69 Å². The lowest BCUT2D eigenvalue weighted by Crippen LogP contribution is -2.30. The van der Waals surface area contributed by atoms with E-state index in [-0.39, 0.29) is 16.8 Å². The number of hydrogen-bond acceptors (Lipinski definition) is 5. The first-order valence-corrected chi connectivity index (χ1v) is 11.9. The summed E-state index contributed by atoms with van der Waals surface area (Å²) >= 11 is 5.90.